The number of H-pyrrole nitrogens is 1. The minimum absolute atomic E-state index is 0.0259. The van der Waals surface area contributed by atoms with Crippen molar-refractivity contribution in [2.75, 3.05) is 19.7 Å². The van der Waals surface area contributed by atoms with Gasteiger partial charge in [0, 0.05) is 38.3 Å². The number of nitrogens with zero attached hydrogens (tertiary/aromatic N) is 3. The highest BCUT2D eigenvalue weighted by Gasteiger charge is 2.54. The van der Waals surface area contributed by atoms with Crippen molar-refractivity contribution in [2.45, 2.75) is 56.9 Å². The Kier molecular flexibility index (Phi) is 5.42. The highest BCUT2D eigenvalue weighted by atomic mass is 16.5. The standard InChI is InChI=1S/C21H29N5O4/c1-15-4-9-26(24-15)14-17(27)23-20(2)7-12-30-21(19(20)29)5-10-25(11-6-21)18(28)16-3-8-22-13-16/h3-4,8-9,13,19,22,29H,5-7,10-12,14H2,1-2H3,(H,23,27)/t19-,20+/m0/s1. The van der Waals surface area contributed by atoms with Gasteiger partial charge < -0.3 is 25.0 Å². The number of nitrogens with one attached hydrogen (secondary N) is 2. The molecule has 0 saturated carbocycles. The Hall–Kier alpha value is -2.65. The maximum atomic E-state index is 12.6. The SMILES string of the molecule is Cc1ccn(CC(=O)N[C@]2(C)CCOC3(CCN(C(=O)c4cc[nH]c4)CC3)[C@H]2O)n1. The second-order valence-electron chi connectivity index (χ2n) is 8.58. The van der Waals surface area contributed by atoms with E-state index in [0.29, 0.717) is 44.5 Å². The number of rotatable bonds is 4. The molecule has 2 aliphatic heterocycles. The summed E-state index contributed by atoms with van der Waals surface area (Å²) in [7, 11) is 0. The topological polar surface area (TPSA) is 112 Å². The van der Waals surface area contributed by atoms with Crippen molar-refractivity contribution in [3.8, 4) is 0 Å². The number of likely N-dealkylation sites (tertiary alicyclic amines) is 1. The van der Waals surface area contributed by atoms with E-state index in [4.69, 9.17) is 4.74 Å². The van der Waals surface area contributed by atoms with Crippen LogP contribution in [0, 0.1) is 6.92 Å². The first-order chi connectivity index (χ1) is 14.3. The van der Waals surface area contributed by atoms with Crippen LogP contribution in [0.25, 0.3) is 0 Å². The molecule has 2 atom stereocenters. The van der Waals surface area contributed by atoms with Crippen LogP contribution >= 0.6 is 0 Å². The number of hydrogen-bond donors (Lipinski definition) is 3. The number of aromatic nitrogens is 3. The summed E-state index contributed by atoms with van der Waals surface area (Å²) in [4.78, 5) is 29.9. The van der Waals surface area contributed by atoms with Crippen molar-refractivity contribution in [1.29, 1.82) is 0 Å². The van der Waals surface area contributed by atoms with Crippen LogP contribution in [0.15, 0.2) is 30.7 Å². The second-order valence-corrected chi connectivity index (χ2v) is 8.58. The molecule has 0 unspecified atom stereocenters. The summed E-state index contributed by atoms with van der Waals surface area (Å²) in [6.45, 7) is 5.28. The molecule has 2 amide bonds. The molecule has 162 valence electrons. The van der Waals surface area contributed by atoms with Gasteiger partial charge in [-0.3, -0.25) is 14.3 Å². The number of carbonyl (C=O) groups excluding carboxylic acids is 2. The zero-order chi connectivity index (χ0) is 21.4. The van der Waals surface area contributed by atoms with Crippen molar-refractivity contribution in [3.05, 3.63) is 42.0 Å². The van der Waals surface area contributed by atoms with Crippen molar-refractivity contribution in [2.24, 2.45) is 0 Å². The van der Waals surface area contributed by atoms with Crippen LogP contribution in [0.2, 0.25) is 0 Å². The van der Waals surface area contributed by atoms with Gasteiger partial charge in [0.1, 0.15) is 12.6 Å². The van der Waals surface area contributed by atoms with E-state index < -0.39 is 17.2 Å². The maximum Gasteiger partial charge on any atom is 0.255 e. The fraction of sp³-hybridized carbons (Fsp3) is 0.571. The number of hydrogen-bond acceptors (Lipinski definition) is 5. The van der Waals surface area contributed by atoms with E-state index in [9.17, 15) is 14.7 Å². The molecule has 4 rings (SSSR count). The highest BCUT2D eigenvalue weighted by molar-refractivity contribution is 5.94. The summed E-state index contributed by atoms with van der Waals surface area (Å²) in [5.74, 6) is -0.223. The Morgan fingerprint density at radius 3 is 2.73 bits per heavy atom. The fourth-order valence-corrected chi connectivity index (χ4v) is 4.60. The molecule has 0 aromatic carbocycles. The minimum atomic E-state index is -0.869. The van der Waals surface area contributed by atoms with Crippen LogP contribution in [-0.2, 0) is 16.1 Å². The fourth-order valence-electron chi connectivity index (χ4n) is 4.60. The van der Waals surface area contributed by atoms with E-state index in [2.05, 4.69) is 15.4 Å². The van der Waals surface area contributed by atoms with Gasteiger partial charge in [0.25, 0.3) is 5.91 Å². The van der Waals surface area contributed by atoms with Crippen molar-refractivity contribution >= 4 is 11.8 Å². The molecule has 9 nitrogen and oxygen atoms in total. The van der Waals surface area contributed by atoms with Crippen molar-refractivity contribution in [1.82, 2.24) is 25.0 Å². The Balaban J connectivity index is 1.40. The van der Waals surface area contributed by atoms with Gasteiger partial charge in [-0.1, -0.05) is 0 Å². The number of piperidine rings is 1. The normalized spacial score (nSPS) is 26.0. The molecule has 2 aromatic rings. The lowest BCUT2D eigenvalue weighted by Gasteiger charge is -2.53. The Bertz CT molecular complexity index is 900. The van der Waals surface area contributed by atoms with Gasteiger partial charge in [-0.25, -0.2) is 0 Å². The quantitative estimate of drug-likeness (QED) is 0.685. The van der Waals surface area contributed by atoms with Gasteiger partial charge in [-0.15, -0.1) is 0 Å². The Morgan fingerprint density at radius 2 is 2.10 bits per heavy atom. The predicted octanol–water partition coefficient (Wildman–Crippen LogP) is 0.851. The van der Waals surface area contributed by atoms with E-state index in [1.165, 1.54) is 0 Å². The molecule has 1 spiro atoms. The third kappa shape index (κ3) is 3.87. The van der Waals surface area contributed by atoms with Crippen LogP contribution in [0.5, 0.6) is 0 Å². The predicted molar refractivity (Wildman–Crippen MR) is 109 cm³/mol. The maximum absolute atomic E-state index is 12.6. The lowest BCUT2D eigenvalue weighted by molar-refractivity contribution is -0.205. The molecule has 0 radical (unpaired) electrons. The van der Waals surface area contributed by atoms with Crippen molar-refractivity contribution < 1.29 is 19.4 Å². The third-order valence-corrected chi connectivity index (χ3v) is 6.36. The number of aliphatic hydroxyl groups excluding tert-OH is 1. The first kappa shape index (κ1) is 20.6. The van der Waals surface area contributed by atoms with Gasteiger partial charge in [0.2, 0.25) is 5.91 Å². The molecule has 2 aliphatic rings. The lowest BCUT2D eigenvalue weighted by Crippen LogP contribution is -2.69. The summed E-state index contributed by atoms with van der Waals surface area (Å²) >= 11 is 0. The van der Waals surface area contributed by atoms with E-state index >= 15 is 0 Å². The zero-order valence-electron chi connectivity index (χ0n) is 17.4. The Labute approximate surface area is 175 Å². The lowest BCUT2D eigenvalue weighted by atomic mass is 9.73. The van der Waals surface area contributed by atoms with E-state index in [1.807, 2.05) is 19.9 Å². The van der Waals surface area contributed by atoms with Gasteiger partial charge in [0.05, 0.1) is 22.4 Å². The molecule has 2 fully saturated rings. The average Bonchev–Trinajstić information content (AvgIpc) is 3.38. The zero-order valence-corrected chi connectivity index (χ0v) is 17.4. The highest BCUT2D eigenvalue weighted by Crippen LogP contribution is 2.40. The third-order valence-electron chi connectivity index (χ3n) is 6.36. The number of ether oxygens (including phenoxy) is 1. The smallest absolute Gasteiger partial charge is 0.255 e. The number of aliphatic hydroxyl groups is 1. The monoisotopic (exact) mass is 415 g/mol. The van der Waals surface area contributed by atoms with Crippen LogP contribution in [0.4, 0.5) is 0 Å². The summed E-state index contributed by atoms with van der Waals surface area (Å²) in [5.41, 5.74) is -0.0935. The van der Waals surface area contributed by atoms with Gasteiger partial charge >= 0.3 is 0 Å². The summed E-state index contributed by atoms with van der Waals surface area (Å²) in [5, 5.41) is 18.5. The van der Waals surface area contributed by atoms with Crippen LogP contribution in [0.1, 0.15) is 42.2 Å². The second kappa shape index (κ2) is 7.88. The van der Waals surface area contributed by atoms with Gasteiger partial charge in [-0.2, -0.15) is 5.10 Å². The van der Waals surface area contributed by atoms with Gasteiger partial charge in [-0.05, 0) is 45.2 Å². The molecule has 9 heteroatoms. The first-order valence-electron chi connectivity index (χ1n) is 10.4. The van der Waals surface area contributed by atoms with Gasteiger partial charge in [0.15, 0.2) is 0 Å². The molecule has 0 aliphatic carbocycles. The summed E-state index contributed by atoms with van der Waals surface area (Å²) in [6.07, 6.45) is 5.87. The van der Waals surface area contributed by atoms with Crippen molar-refractivity contribution in [3.63, 3.8) is 0 Å². The van der Waals surface area contributed by atoms with E-state index in [1.54, 1.807) is 34.2 Å². The number of aryl methyl sites for hydroxylation is 1. The molecule has 4 heterocycles. The van der Waals surface area contributed by atoms with Crippen LogP contribution in [0.3, 0.4) is 0 Å². The van der Waals surface area contributed by atoms with E-state index in [0.717, 1.165) is 5.69 Å². The Morgan fingerprint density at radius 1 is 1.33 bits per heavy atom. The average molecular weight is 415 g/mol. The molecule has 3 N–H and O–H groups in total. The summed E-state index contributed by atoms with van der Waals surface area (Å²) in [6, 6.07) is 3.60. The molecule has 2 aromatic heterocycles. The molecular formula is C21H29N5O4. The number of aromatic amines is 1. The van der Waals surface area contributed by atoms with Crippen LogP contribution < -0.4 is 5.32 Å². The molecule has 0 bridgehead atoms. The molecular weight excluding hydrogens is 386 g/mol. The number of carbonyl (C=O) groups is 2. The first-order valence-corrected chi connectivity index (χ1v) is 10.4. The van der Waals surface area contributed by atoms with Crippen LogP contribution in [-0.4, -0.2) is 73.5 Å². The minimum Gasteiger partial charge on any atom is -0.388 e. The largest absolute Gasteiger partial charge is 0.388 e. The van der Waals surface area contributed by atoms with E-state index in [-0.39, 0.29) is 18.4 Å². The molecule has 2 saturated heterocycles. The number of amides is 2. The summed E-state index contributed by atoms with van der Waals surface area (Å²) < 4.78 is 7.66. The molecule has 30 heavy (non-hydrogen) atoms.